The fourth-order valence-electron chi connectivity index (χ4n) is 3.43. The molecule has 28 heavy (non-hydrogen) atoms. The van der Waals surface area contributed by atoms with Crippen LogP contribution in [0, 0.1) is 0 Å². The molecule has 0 saturated carbocycles. The zero-order chi connectivity index (χ0) is 19.9. The van der Waals surface area contributed by atoms with Crippen molar-refractivity contribution in [3.8, 4) is 0 Å². The first-order valence-corrected chi connectivity index (χ1v) is 8.64. The molecule has 10 heteroatoms. The minimum Gasteiger partial charge on any atom is -0.351 e. The van der Waals surface area contributed by atoms with Crippen LogP contribution < -0.4 is 5.56 Å². The van der Waals surface area contributed by atoms with E-state index < -0.39 is 17.4 Å². The van der Waals surface area contributed by atoms with E-state index in [1.807, 2.05) is 0 Å². The monoisotopic (exact) mass is 392 g/mol. The van der Waals surface area contributed by atoms with Crippen molar-refractivity contribution in [1.82, 2.24) is 20.0 Å². The van der Waals surface area contributed by atoms with Gasteiger partial charge < -0.3 is 14.4 Å². The molecular formula is C18H15F3N4O3. The number of alkyl halides is 3. The van der Waals surface area contributed by atoms with Crippen molar-refractivity contribution in [3.63, 3.8) is 0 Å². The molecule has 1 aliphatic heterocycles. The number of carbonyl (C=O) groups is 1. The van der Waals surface area contributed by atoms with Gasteiger partial charge in [0.05, 0.1) is 17.1 Å². The Morgan fingerprint density at radius 3 is 2.82 bits per heavy atom. The molecule has 0 aliphatic carbocycles. The average Bonchev–Trinajstić information content (AvgIpc) is 3.21. The van der Waals surface area contributed by atoms with Crippen molar-refractivity contribution in [1.29, 1.82) is 0 Å². The molecule has 1 unspecified atom stereocenters. The molecule has 4 heterocycles. The summed E-state index contributed by atoms with van der Waals surface area (Å²) in [6.45, 7) is 0.824. The Kier molecular flexibility index (Phi) is 4.40. The zero-order valence-electron chi connectivity index (χ0n) is 14.5. The quantitative estimate of drug-likeness (QED) is 0.724. The number of piperidine rings is 1. The Balaban J connectivity index is 1.66. The maximum Gasteiger partial charge on any atom is 0.433 e. The van der Waals surface area contributed by atoms with Crippen molar-refractivity contribution in [2.24, 2.45) is 0 Å². The lowest BCUT2D eigenvalue weighted by molar-refractivity contribution is -0.140. The molecule has 146 valence electrons. The first-order valence-electron chi connectivity index (χ1n) is 8.64. The van der Waals surface area contributed by atoms with Gasteiger partial charge in [-0.15, -0.1) is 0 Å². The van der Waals surface area contributed by atoms with E-state index in [-0.39, 0.29) is 28.5 Å². The van der Waals surface area contributed by atoms with Crippen molar-refractivity contribution in [3.05, 3.63) is 58.0 Å². The van der Waals surface area contributed by atoms with Gasteiger partial charge in [0.25, 0.3) is 11.5 Å². The molecule has 1 fully saturated rings. The van der Waals surface area contributed by atoms with Crippen LogP contribution >= 0.6 is 0 Å². The van der Waals surface area contributed by atoms with E-state index in [9.17, 15) is 22.8 Å². The van der Waals surface area contributed by atoms with Gasteiger partial charge in [0.1, 0.15) is 5.69 Å². The lowest BCUT2D eigenvalue weighted by Crippen LogP contribution is -2.39. The number of H-pyrrole nitrogens is 1. The van der Waals surface area contributed by atoms with Crippen LogP contribution in [0.5, 0.6) is 0 Å². The highest BCUT2D eigenvalue weighted by Gasteiger charge is 2.33. The maximum absolute atomic E-state index is 12.9. The molecule has 0 bridgehead atoms. The summed E-state index contributed by atoms with van der Waals surface area (Å²) in [6, 6.07) is 4.83. The fraction of sp³-hybridized carbons (Fsp3) is 0.333. The third-order valence-corrected chi connectivity index (χ3v) is 4.81. The van der Waals surface area contributed by atoms with E-state index in [4.69, 9.17) is 4.52 Å². The van der Waals surface area contributed by atoms with Crippen molar-refractivity contribution < 1.29 is 22.5 Å². The first-order chi connectivity index (χ1) is 13.3. The number of fused-ring (bicyclic) bond motifs is 1. The van der Waals surface area contributed by atoms with E-state index >= 15 is 0 Å². The van der Waals surface area contributed by atoms with E-state index in [2.05, 4.69) is 15.1 Å². The van der Waals surface area contributed by atoms with E-state index in [0.717, 1.165) is 12.1 Å². The highest BCUT2D eigenvalue weighted by molar-refractivity contribution is 5.91. The van der Waals surface area contributed by atoms with Crippen LogP contribution in [0.3, 0.4) is 0 Å². The van der Waals surface area contributed by atoms with Gasteiger partial charge in [-0.1, -0.05) is 5.16 Å². The average molecular weight is 392 g/mol. The minimum absolute atomic E-state index is 0.0211. The van der Waals surface area contributed by atoms with Crippen LogP contribution in [-0.2, 0) is 6.18 Å². The number of halogens is 3. The van der Waals surface area contributed by atoms with Gasteiger partial charge >= 0.3 is 6.18 Å². The molecule has 1 saturated heterocycles. The van der Waals surface area contributed by atoms with Gasteiger partial charge in [-0.2, -0.15) is 13.2 Å². The Bertz CT molecular complexity index is 1080. The summed E-state index contributed by atoms with van der Waals surface area (Å²) < 4.78 is 43.7. The summed E-state index contributed by atoms with van der Waals surface area (Å²) in [5, 5.41) is 3.60. The molecule has 7 nitrogen and oxygen atoms in total. The summed E-state index contributed by atoms with van der Waals surface area (Å²) in [5.41, 5.74) is -1.12. The Hall–Kier alpha value is -3.17. The first kappa shape index (κ1) is 18.2. The molecule has 1 N–H and O–H groups in total. The summed E-state index contributed by atoms with van der Waals surface area (Å²) in [5.74, 6) is -0.430. The van der Waals surface area contributed by atoms with Crippen LogP contribution in [0.1, 0.15) is 40.7 Å². The zero-order valence-corrected chi connectivity index (χ0v) is 14.5. The maximum atomic E-state index is 12.9. The number of nitrogens with one attached hydrogen (secondary N) is 1. The largest absolute Gasteiger partial charge is 0.433 e. The molecule has 0 spiro atoms. The van der Waals surface area contributed by atoms with Gasteiger partial charge in [-0.05, 0) is 31.0 Å². The van der Waals surface area contributed by atoms with Crippen LogP contribution in [0.4, 0.5) is 13.2 Å². The van der Waals surface area contributed by atoms with Gasteiger partial charge in [-0.3, -0.25) is 9.59 Å². The summed E-state index contributed by atoms with van der Waals surface area (Å²) in [4.78, 5) is 32.7. The number of aromatic amines is 1. The number of amides is 1. The second-order valence-corrected chi connectivity index (χ2v) is 6.65. The smallest absolute Gasteiger partial charge is 0.351 e. The van der Waals surface area contributed by atoms with Crippen molar-refractivity contribution in [2.75, 3.05) is 13.1 Å². The summed E-state index contributed by atoms with van der Waals surface area (Å²) in [7, 11) is 0. The normalized spacial score (nSPS) is 17.8. The number of rotatable bonds is 2. The lowest BCUT2D eigenvalue weighted by Gasteiger charge is -2.32. The Morgan fingerprint density at radius 1 is 1.29 bits per heavy atom. The van der Waals surface area contributed by atoms with E-state index in [0.29, 0.717) is 31.6 Å². The highest BCUT2D eigenvalue weighted by atomic mass is 19.4. The third kappa shape index (κ3) is 3.37. The Labute approximate surface area is 156 Å². The van der Waals surface area contributed by atoms with E-state index in [1.54, 1.807) is 4.90 Å². The molecule has 1 atom stereocenters. The number of aromatic nitrogens is 3. The number of hydrogen-bond acceptors (Lipinski definition) is 5. The molecule has 3 aromatic heterocycles. The molecule has 1 aliphatic rings. The fourth-order valence-corrected chi connectivity index (χ4v) is 3.43. The Morgan fingerprint density at radius 2 is 2.11 bits per heavy atom. The SMILES string of the molecule is O=C(c1ccno1)N1CCCC(c2cc3nc(C(F)(F)F)ccc3c(=O)[nH]2)C1. The van der Waals surface area contributed by atoms with Gasteiger partial charge in [0.15, 0.2) is 0 Å². The van der Waals surface area contributed by atoms with Crippen LogP contribution in [0.15, 0.2) is 39.8 Å². The van der Waals surface area contributed by atoms with Gasteiger partial charge in [0, 0.05) is 30.8 Å². The molecule has 0 aromatic carbocycles. The number of pyridine rings is 2. The highest BCUT2D eigenvalue weighted by Crippen LogP contribution is 2.30. The number of likely N-dealkylation sites (tertiary alicyclic amines) is 1. The third-order valence-electron chi connectivity index (χ3n) is 4.81. The lowest BCUT2D eigenvalue weighted by atomic mass is 9.93. The molecule has 0 radical (unpaired) electrons. The number of nitrogens with zero attached hydrogens (tertiary/aromatic N) is 3. The van der Waals surface area contributed by atoms with Crippen molar-refractivity contribution >= 4 is 16.8 Å². The predicted molar refractivity (Wildman–Crippen MR) is 91.7 cm³/mol. The van der Waals surface area contributed by atoms with Gasteiger partial charge in [-0.25, -0.2) is 4.98 Å². The van der Waals surface area contributed by atoms with E-state index in [1.165, 1.54) is 18.3 Å². The summed E-state index contributed by atoms with van der Waals surface area (Å²) in [6.07, 6.45) is -1.86. The number of carbonyl (C=O) groups excluding carboxylic acids is 1. The van der Waals surface area contributed by atoms with Gasteiger partial charge in [0.2, 0.25) is 5.76 Å². The second kappa shape index (κ2) is 6.77. The standard InChI is InChI=1S/C18H15F3N4O3/c19-18(20,21)15-4-3-11-13(23-15)8-12(24-16(11)26)10-2-1-7-25(9-10)17(27)14-5-6-22-28-14/h3-6,8,10H,1-2,7,9H2,(H,24,26). The number of hydrogen-bond donors (Lipinski definition) is 1. The van der Waals surface area contributed by atoms with Crippen LogP contribution in [0.2, 0.25) is 0 Å². The minimum atomic E-state index is -4.60. The van der Waals surface area contributed by atoms with Crippen molar-refractivity contribution in [2.45, 2.75) is 24.9 Å². The second-order valence-electron chi connectivity index (χ2n) is 6.65. The van der Waals surface area contributed by atoms with Crippen LogP contribution in [0.25, 0.3) is 10.9 Å². The predicted octanol–water partition coefficient (Wildman–Crippen LogP) is 2.95. The molecule has 1 amide bonds. The van der Waals surface area contributed by atoms with Crippen LogP contribution in [-0.4, -0.2) is 39.0 Å². The molecule has 4 rings (SSSR count). The molecular weight excluding hydrogens is 377 g/mol. The topological polar surface area (TPSA) is 92.1 Å². The summed E-state index contributed by atoms with van der Waals surface area (Å²) >= 11 is 0. The molecule has 3 aromatic rings.